The zero-order valence-electron chi connectivity index (χ0n) is 18.8. The third-order valence-electron chi connectivity index (χ3n) is 4.56. The first-order valence-electron chi connectivity index (χ1n) is 9.75. The van der Waals surface area contributed by atoms with Gasteiger partial charge in [0.05, 0.1) is 30.9 Å². The Morgan fingerprint density at radius 1 is 0.941 bits per heavy atom. The summed E-state index contributed by atoms with van der Waals surface area (Å²) in [6, 6.07) is 14.9. The fourth-order valence-electron chi connectivity index (χ4n) is 2.88. The van der Waals surface area contributed by atoms with Crippen molar-refractivity contribution in [1.82, 2.24) is 9.97 Å². The summed E-state index contributed by atoms with van der Waals surface area (Å²) in [6.07, 6.45) is 0. The van der Waals surface area contributed by atoms with Crippen LogP contribution < -0.4 is 9.47 Å². The van der Waals surface area contributed by atoms with Gasteiger partial charge in [0, 0.05) is 24.7 Å². The predicted octanol–water partition coefficient (Wildman–Crippen LogP) is 5.64. The second kappa shape index (κ2) is 11.7. The summed E-state index contributed by atoms with van der Waals surface area (Å²) in [5, 5.41) is 0.382. The van der Waals surface area contributed by atoms with E-state index in [4.69, 9.17) is 34.9 Å². The van der Waals surface area contributed by atoms with Crippen LogP contribution in [0, 0.1) is 0 Å². The van der Waals surface area contributed by atoms with Gasteiger partial charge in [-0.25, -0.2) is 4.79 Å². The van der Waals surface area contributed by atoms with Crippen molar-refractivity contribution in [2.75, 3.05) is 28.4 Å². The minimum Gasteiger partial charge on any atom is -0.481 e. The molecule has 0 N–H and O–H groups in total. The van der Waals surface area contributed by atoms with Gasteiger partial charge >= 0.3 is 13.6 Å². The number of rotatable bonds is 10. The number of halogens is 1. The van der Waals surface area contributed by atoms with Gasteiger partial charge in [0.25, 0.3) is 0 Å². The highest BCUT2D eigenvalue weighted by atomic mass is 35.5. The lowest BCUT2D eigenvalue weighted by Crippen LogP contribution is -2.15. The lowest BCUT2D eigenvalue weighted by atomic mass is 10.2. The Kier molecular flexibility index (Phi) is 8.93. The molecule has 34 heavy (non-hydrogen) atoms. The molecule has 0 fully saturated rings. The van der Waals surface area contributed by atoms with Crippen LogP contribution in [0.1, 0.15) is 21.8 Å². The average Bonchev–Trinajstić information content (AvgIpc) is 2.87. The lowest BCUT2D eigenvalue weighted by molar-refractivity contribution is 0.0378. The molecule has 1 aromatic heterocycles. The van der Waals surface area contributed by atoms with Crippen molar-refractivity contribution in [2.24, 2.45) is 0 Å². The molecular formula is C22H22ClN2O7PS. The highest BCUT2D eigenvalue weighted by Crippen LogP contribution is 2.60. The maximum Gasteiger partial charge on any atom is 0.375 e. The summed E-state index contributed by atoms with van der Waals surface area (Å²) in [6.45, 7) is 0. The molecule has 3 aromatic rings. The van der Waals surface area contributed by atoms with Crippen molar-refractivity contribution >= 4 is 36.9 Å². The van der Waals surface area contributed by atoms with E-state index in [1.165, 1.54) is 34.5 Å². The molecule has 0 bridgehead atoms. The van der Waals surface area contributed by atoms with E-state index in [0.717, 1.165) is 11.8 Å². The molecule has 1 unspecified atom stereocenters. The summed E-state index contributed by atoms with van der Waals surface area (Å²) in [4.78, 5) is 22.3. The van der Waals surface area contributed by atoms with E-state index in [1.54, 1.807) is 48.5 Å². The van der Waals surface area contributed by atoms with Crippen LogP contribution in [0.5, 0.6) is 11.8 Å². The highest BCUT2D eigenvalue weighted by molar-refractivity contribution is 7.99. The molecule has 0 aliphatic carbocycles. The number of benzene rings is 2. The van der Waals surface area contributed by atoms with Gasteiger partial charge in [-0.2, -0.15) is 9.97 Å². The number of hydrogen-bond donors (Lipinski definition) is 0. The number of ether oxygens (including phenoxy) is 3. The average molecular weight is 525 g/mol. The van der Waals surface area contributed by atoms with Crippen LogP contribution in [0.3, 0.4) is 0 Å². The van der Waals surface area contributed by atoms with Gasteiger partial charge in [0.15, 0.2) is 5.16 Å². The van der Waals surface area contributed by atoms with Gasteiger partial charge in [-0.05, 0) is 23.9 Å². The summed E-state index contributed by atoms with van der Waals surface area (Å²) in [5.41, 5.74) is 0.476. The summed E-state index contributed by atoms with van der Waals surface area (Å²) in [5.74, 6) is -1.58. The zero-order valence-corrected chi connectivity index (χ0v) is 21.2. The number of hydrogen-bond acceptors (Lipinski definition) is 10. The smallest absolute Gasteiger partial charge is 0.375 e. The first kappa shape index (κ1) is 26.0. The first-order chi connectivity index (χ1) is 16.3. The van der Waals surface area contributed by atoms with Crippen molar-refractivity contribution in [3.8, 4) is 11.8 Å². The van der Waals surface area contributed by atoms with Crippen LogP contribution in [0.15, 0.2) is 64.6 Å². The van der Waals surface area contributed by atoms with Crippen molar-refractivity contribution < 1.29 is 32.6 Å². The number of nitrogens with zero attached hydrogens (tertiary/aromatic N) is 2. The Bertz CT molecular complexity index is 1170. The SMILES string of the molecule is COc1cc(OC)nc(Sc2cccc(Cl)c2C(=O)OC(c2ccccc2)P(=O)(OC)OC)n1. The molecule has 0 aliphatic rings. The maximum atomic E-state index is 13.3. The van der Waals surface area contributed by atoms with Crippen LogP contribution in [0.25, 0.3) is 0 Å². The molecule has 1 atom stereocenters. The minimum absolute atomic E-state index is 0.0410. The second-order valence-corrected chi connectivity index (χ2v) is 10.2. The van der Waals surface area contributed by atoms with Crippen LogP contribution in [-0.4, -0.2) is 44.4 Å². The predicted molar refractivity (Wildman–Crippen MR) is 127 cm³/mol. The third kappa shape index (κ3) is 5.89. The molecule has 0 aliphatic heterocycles. The third-order valence-corrected chi connectivity index (χ3v) is 7.79. The van der Waals surface area contributed by atoms with E-state index in [9.17, 15) is 9.36 Å². The Hall–Kier alpha value is -2.62. The quantitative estimate of drug-likeness (QED) is 0.188. The molecule has 0 amide bonds. The monoisotopic (exact) mass is 524 g/mol. The van der Waals surface area contributed by atoms with Crippen molar-refractivity contribution in [2.45, 2.75) is 15.9 Å². The summed E-state index contributed by atoms with van der Waals surface area (Å²) < 4.78 is 39.5. The van der Waals surface area contributed by atoms with Crippen LogP contribution in [-0.2, 0) is 18.3 Å². The molecule has 9 nitrogen and oxygen atoms in total. The van der Waals surface area contributed by atoms with Crippen LogP contribution in [0.2, 0.25) is 5.02 Å². The summed E-state index contributed by atoms with van der Waals surface area (Å²) >= 11 is 7.44. The molecule has 180 valence electrons. The first-order valence-corrected chi connectivity index (χ1v) is 12.6. The Morgan fingerprint density at radius 3 is 2.12 bits per heavy atom. The number of esters is 1. The van der Waals surface area contributed by atoms with Gasteiger partial charge in [-0.1, -0.05) is 48.0 Å². The molecule has 0 spiro atoms. The minimum atomic E-state index is -3.86. The van der Waals surface area contributed by atoms with Crippen molar-refractivity contribution in [3.63, 3.8) is 0 Å². The number of methoxy groups -OCH3 is 2. The zero-order chi connectivity index (χ0) is 24.7. The van der Waals surface area contributed by atoms with Crippen molar-refractivity contribution in [1.29, 1.82) is 0 Å². The molecule has 1 heterocycles. The number of carbonyl (C=O) groups is 1. The highest BCUT2D eigenvalue weighted by Gasteiger charge is 2.39. The van der Waals surface area contributed by atoms with E-state index in [-0.39, 0.29) is 27.5 Å². The standard InChI is InChI=1S/C22H22ClN2O7PS/c1-28-17-13-18(29-2)25-22(24-17)34-16-12-8-11-15(23)19(16)20(26)32-21(33(27,30-3)31-4)14-9-6-5-7-10-14/h5-13,21H,1-4H3. The normalized spacial score (nSPS) is 12.1. The Balaban J connectivity index is 2.00. The van der Waals surface area contributed by atoms with Crippen molar-refractivity contribution in [3.05, 3.63) is 70.7 Å². The molecule has 2 aromatic carbocycles. The van der Waals surface area contributed by atoms with E-state index >= 15 is 0 Å². The fraction of sp³-hybridized carbons (Fsp3) is 0.227. The molecular weight excluding hydrogens is 503 g/mol. The van der Waals surface area contributed by atoms with E-state index in [2.05, 4.69) is 9.97 Å². The van der Waals surface area contributed by atoms with E-state index < -0.39 is 19.4 Å². The maximum absolute atomic E-state index is 13.3. The van der Waals surface area contributed by atoms with Gasteiger partial charge in [0.2, 0.25) is 17.6 Å². The van der Waals surface area contributed by atoms with Gasteiger partial charge in [-0.15, -0.1) is 0 Å². The largest absolute Gasteiger partial charge is 0.481 e. The second-order valence-electron chi connectivity index (χ2n) is 6.52. The molecule has 0 radical (unpaired) electrons. The Morgan fingerprint density at radius 2 is 1.56 bits per heavy atom. The molecule has 12 heteroatoms. The Labute approximate surface area is 206 Å². The number of aromatic nitrogens is 2. The van der Waals surface area contributed by atoms with Gasteiger partial charge in [0.1, 0.15) is 0 Å². The van der Waals surface area contributed by atoms with Gasteiger partial charge in [-0.3, -0.25) is 4.57 Å². The molecule has 0 saturated carbocycles. The molecule has 0 saturated heterocycles. The molecule has 3 rings (SSSR count). The summed E-state index contributed by atoms with van der Waals surface area (Å²) in [7, 11) is 1.51. The van der Waals surface area contributed by atoms with E-state index in [0.29, 0.717) is 10.5 Å². The number of carbonyl (C=O) groups excluding carboxylic acids is 1. The van der Waals surface area contributed by atoms with Crippen LogP contribution >= 0.6 is 31.0 Å². The van der Waals surface area contributed by atoms with E-state index in [1.807, 2.05) is 0 Å². The van der Waals surface area contributed by atoms with Gasteiger partial charge < -0.3 is 23.3 Å². The fourth-order valence-corrected chi connectivity index (χ4v) is 5.40. The topological polar surface area (TPSA) is 106 Å². The lowest BCUT2D eigenvalue weighted by Gasteiger charge is -2.25. The van der Waals surface area contributed by atoms with Crippen LogP contribution in [0.4, 0.5) is 0 Å².